The average Bonchev–Trinajstić information content (AvgIpc) is 3.05. The summed E-state index contributed by atoms with van der Waals surface area (Å²) in [5.74, 6) is 0.842. The Morgan fingerprint density at radius 3 is 2.69 bits per heavy atom. The number of aromatic nitrogens is 1. The highest BCUT2D eigenvalue weighted by atomic mass is 14.9. The van der Waals surface area contributed by atoms with E-state index in [1.807, 2.05) is 0 Å². The summed E-state index contributed by atoms with van der Waals surface area (Å²) in [7, 11) is 0. The summed E-state index contributed by atoms with van der Waals surface area (Å²) < 4.78 is 0. The predicted molar refractivity (Wildman–Crippen MR) is 67.5 cm³/mol. The van der Waals surface area contributed by atoms with Crippen LogP contribution in [0.1, 0.15) is 49.2 Å². The quantitative estimate of drug-likeness (QED) is 0.821. The number of rotatable bonds is 5. The molecule has 2 heteroatoms. The zero-order valence-electron chi connectivity index (χ0n) is 10.6. The van der Waals surface area contributed by atoms with Gasteiger partial charge in [-0.15, -0.1) is 0 Å². The molecule has 16 heavy (non-hydrogen) atoms. The zero-order valence-corrected chi connectivity index (χ0v) is 10.6. The van der Waals surface area contributed by atoms with Gasteiger partial charge in [0.05, 0.1) is 0 Å². The molecule has 1 fully saturated rings. The molecule has 0 spiro atoms. The Balaban J connectivity index is 2.17. The van der Waals surface area contributed by atoms with Crippen molar-refractivity contribution in [2.24, 2.45) is 5.92 Å². The predicted octanol–water partition coefficient (Wildman–Crippen LogP) is 3.15. The second-order valence-electron chi connectivity index (χ2n) is 4.90. The molecule has 0 amide bonds. The maximum absolute atomic E-state index is 4.57. The topological polar surface area (TPSA) is 24.9 Å². The molecule has 0 aromatic carbocycles. The molecule has 88 valence electrons. The lowest BCUT2D eigenvalue weighted by Crippen LogP contribution is -2.24. The first-order valence-corrected chi connectivity index (χ1v) is 6.40. The van der Waals surface area contributed by atoms with Gasteiger partial charge in [-0.1, -0.05) is 13.0 Å². The minimum atomic E-state index is 0.535. The van der Waals surface area contributed by atoms with Gasteiger partial charge in [-0.2, -0.15) is 0 Å². The minimum Gasteiger partial charge on any atom is -0.310 e. The Morgan fingerprint density at radius 2 is 2.12 bits per heavy atom. The van der Waals surface area contributed by atoms with Gasteiger partial charge >= 0.3 is 0 Å². The molecule has 0 radical (unpaired) electrons. The van der Waals surface area contributed by atoms with Crippen LogP contribution in [0.25, 0.3) is 0 Å². The lowest BCUT2D eigenvalue weighted by molar-refractivity contribution is 0.477. The highest BCUT2D eigenvalue weighted by molar-refractivity contribution is 5.26. The number of nitrogens with one attached hydrogen (secondary N) is 1. The molecule has 1 aromatic heterocycles. The molecule has 1 aliphatic carbocycles. The van der Waals surface area contributed by atoms with Gasteiger partial charge < -0.3 is 5.32 Å². The molecule has 1 N–H and O–H groups in total. The lowest BCUT2D eigenvalue weighted by atomic mass is 10.0. The van der Waals surface area contributed by atoms with Crippen LogP contribution in [0.2, 0.25) is 0 Å². The third kappa shape index (κ3) is 2.62. The van der Waals surface area contributed by atoms with Gasteiger partial charge in [-0.05, 0) is 57.2 Å². The summed E-state index contributed by atoms with van der Waals surface area (Å²) in [6, 6.07) is 4.92. The Labute approximate surface area is 98.5 Å². The van der Waals surface area contributed by atoms with Gasteiger partial charge in [0, 0.05) is 17.4 Å². The normalized spacial score (nSPS) is 17.4. The third-order valence-electron chi connectivity index (χ3n) is 3.31. The third-order valence-corrected chi connectivity index (χ3v) is 3.31. The molecule has 0 aliphatic heterocycles. The molecule has 0 bridgehead atoms. The number of nitrogens with zero attached hydrogens (tertiary/aromatic N) is 1. The van der Waals surface area contributed by atoms with Gasteiger partial charge in [0.15, 0.2) is 0 Å². The second-order valence-corrected chi connectivity index (χ2v) is 4.90. The van der Waals surface area contributed by atoms with Crippen molar-refractivity contribution in [1.82, 2.24) is 10.3 Å². The van der Waals surface area contributed by atoms with Gasteiger partial charge in [0.2, 0.25) is 0 Å². The summed E-state index contributed by atoms with van der Waals surface area (Å²) in [5.41, 5.74) is 3.72. The van der Waals surface area contributed by atoms with Crippen LogP contribution in [0.3, 0.4) is 0 Å². The number of pyridine rings is 1. The van der Waals surface area contributed by atoms with Crippen molar-refractivity contribution in [3.8, 4) is 0 Å². The molecule has 2 nitrogen and oxygen atoms in total. The molecular formula is C14H22N2. The van der Waals surface area contributed by atoms with Crippen LogP contribution in [0, 0.1) is 19.8 Å². The van der Waals surface area contributed by atoms with Crippen molar-refractivity contribution < 1.29 is 0 Å². The van der Waals surface area contributed by atoms with E-state index in [1.165, 1.54) is 30.5 Å². The average molecular weight is 218 g/mol. The van der Waals surface area contributed by atoms with E-state index in [-0.39, 0.29) is 0 Å². The van der Waals surface area contributed by atoms with E-state index < -0.39 is 0 Å². The van der Waals surface area contributed by atoms with Crippen molar-refractivity contribution in [3.05, 3.63) is 29.1 Å². The fourth-order valence-electron chi connectivity index (χ4n) is 2.29. The minimum absolute atomic E-state index is 0.535. The summed E-state index contributed by atoms with van der Waals surface area (Å²) in [6.07, 6.45) is 3.94. The van der Waals surface area contributed by atoms with Gasteiger partial charge in [0.1, 0.15) is 0 Å². The first kappa shape index (κ1) is 11.6. The van der Waals surface area contributed by atoms with E-state index in [0.29, 0.717) is 6.04 Å². The number of hydrogen-bond donors (Lipinski definition) is 1. The van der Waals surface area contributed by atoms with Crippen molar-refractivity contribution >= 4 is 0 Å². The van der Waals surface area contributed by atoms with E-state index in [9.17, 15) is 0 Å². The van der Waals surface area contributed by atoms with Crippen molar-refractivity contribution in [3.63, 3.8) is 0 Å². The van der Waals surface area contributed by atoms with Crippen LogP contribution >= 0.6 is 0 Å². The Bertz CT molecular complexity index is 356. The molecule has 1 aliphatic rings. The Hall–Kier alpha value is -0.890. The van der Waals surface area contributed by atoms with Crippen molar-refractivity contribution in [1.29, 1.82) is 0 Å². The summed E-state index contributed by atoms with van der Waals surface area (Å²) in [6.45, 7) is 7.51. The molecule has 1 unspecified atom stereocenters. The second kappa shape index (κ2) is 4.96. The SMILES string of the molecule is CCCNC(c1ccc(C)nc1C)C1CC1. The summed E-state index contributed by atoms with van der Waals surface area (Å²) in [4.78, 5) is 4.57. The van der Waals surface area contributed by atoms with Crippen molar-refractivity contribution in [2.75, 3.05) is 6.54 Å². The Morgan fingerprint density at radius 1 is 1.38 bits per heavy atom. The smallest absolute Gasteiger partial charge is 0.0423 e. The molecule has 2 rings (SSSR count). The molecule has 1 heterocycles. The largest absolute Gasteiger partial charge is 0.310 e. The van der Waals surface area contributed by atoms with Crippen molar-refractivity contribution in [2.45, 2.75) is 46.1 Å². The van der Waals surface area contributed by atoms with Crippen LogP contribution in [0.15, 0.2) is 12.1 Å². The Kier molecular flexibility index (Phi) is 3.59. The van der Waals surface area contributed by atoms with Crippen LogP contribution < -0.4 is 5.32 Å². The van der Waals surface area contributed by atoms with Crippen LogP contribution in [-0.2, 0) is 0 Å². The van der Waals surface area contributed by atoms with Gasteiger partial charge in [-0.3, -0.25) is 4.98 Å². The van der Waals surface area contributed by atoms with E-state index in [1.54, 1.807) is 0 Å². The van der Waals surface area contributed by atoms with Gasteiger partial charge in [-0.25, -0.2) is 0 Å². The number of hydrogen-bond acceptors (Lipinski definition) is 2. The fourth-order valence-corrected chi connectivity index (χ4v) is 2.29. The first-order chi connectivity index (χ1) is 7.72. The van der Waals surface area contributed by atoms with E-state index in [2.05, 4.69) is 43.2 Å². The molecule has 1 saturated carbocycles. The van der Waals surface area contributed by atoms with E-state index in [0.717, 1.165) is 18.2 Å². The monoisotopic (exact) mass is 218 g/mol. The molecular weight excluding hydrogens is 196 g/mol. The van der Waals surface area contributed by atoms with Gasteiger partial charge in [0.25, 0.3) is 0 Å². The lowest BCUT2D eigenvalue weighted by Gasteiger charge is -2.20. The maximum Gasteiger partial charge on any atom is 0.0423 e. The first-order valence-electron chi connectivity index (χ1n) is 6.40. The maximum atomic E-state index is 4.57. The fraction of sp³-hybridized carbons (Fsp3) is 0.643. The molecule has 0 saturated heterocycles. The zero-order chi connectivity index (χ0) is 11.5. The molecule has 1 atom stereocenters. The highest BCUT2D eigenvalue weighted by Crippen LogP contribution is 2.41. The van der Waals surface area contributed by atoms with E-state index in [4.69, 9.17) is 0 Å². The standard InChI is InChI=1S/C14H22N2/c1-4-9-15-14(12-6-7-12)13-8-5-10(2)16-11(13)3/h5,8,12,14-15H,4,6-7,9H2,1-3H3. The summed E-state index contributed by atoms with van der Waals surface area (Å²) >= 11 is 0. The van der Waals surface area contributed by atoms with E-state index >= 15 is 0 Å². The van der Waals surface area contributed by atoms with Crippen LogP contribution in [0.4, 0.5) is 0 Å². The highest BCUT2D eigenvalue weighted by Gasteiger charge is 2.32. The number of aryl methyl sites for hydroxylation is 2. The van der Waals surface area contributed by atoms with Crippen LogP contribution in [-0.4, -0.2) is 11.5 Å². The molecule has 1 aromatic rings. The summed E-state index contributed by atoms with van der Waals surface area (Å²) in [5, 5.41) is 3.67. The van der Waals surface area contributed by atoms with Crippen LogP contribution in [0.5, 0.6) is 0 Å².